The first-order valence-electron chi connectivity index (χ1n) is 16.8. The van der Waals surface area contributed by atoms with Crippen LogP contribution in [0.15, 0.2) is 30.3 Å². The third-order valence-electron chi connectivity index (χ3n) is 7.73. The lowest BCUT2D eigenvalue weighted by molar-refractivity contribution is -0.271. The van der Waals surface area contributed by atoms with Crippen molar-refractivity contribution < 1.29 is 47.7 Å². The fourth-order valence-corrected chi connectivity index (χ4v) is 5.47. The molecule has 1 aliphatic heterocycles. The van der Waals surface area contributed by atoms with Crippen LogP contribution in [0.1, 0.15) is 117 Å². The maximum absolute atomic E-state index is 13.1. The van der Waals surface area contributed by atoms with E-state index in [0.29, 0.717) is 12.0 Å². The van der Waals surface area contributed by atoms with Crippen molar-refractivity contribution in [2.45, 2.75) is 148 Å². The second kappa shape index (κ2) is 22.1. The molecule has 1 heterocycles. The highest BCUT2D eigenvalue weighted by atomic mass is 16.7. The van der Waals surface area contributed by atoms with E-state index >= 15 is 0 Å². The van der Waals surface area contributed by atoms with Crippen molar-refractivity contribution in [1.82, 2.24) is 5.32 Å². The summed E-state index contributed by atoms with van der Waals surface area (Å²) < 4.78 is 27.8. The van der Waals surface area contributed by atoms with E-state index in [9.17, 15) is 24.0 Å². The molecule has 2 rings (SSSR count). The van der Waals surface area contributed by atoms with Crippen LogP contribution in [0.4, 0.5) is 0 Å². The minimum Gasteiger partial charge on any atom is -0.463 e. The zero-order valence-corrected chi connectivity index (χ0v) is 28.0. The number of carbonyl (C=O) groups excluding carboxylic acids is 5. The summed E-state index contributed by atoms with van der Waals surface area (Å²) in [6.45, 7) is 5.38. The zero-order chi connectivity index (χ0) is 33.7. The van der Waals surface area contributed by atoms with Gasteiger partial charge in [0.1, 0.15) is 18.8 Å². The molecule has 0 aromatic heterocycles. The summed E-state index contributed by atoms with van der Waals surface area (Å²) in [6, 6.07) is 7.71. The molecule has 11 nitrogen and oxygen atoms in total. The zero-order valence-electron chi connectivity index (χ0n) is 28.0. The average Bonchev–Trinajstić information content (AvgIpc) is 2.99. The smallest absolute Gasteiger partial charge is 0.312 e. The first-order valence-corrected chi connectivity index (χ1v) is 16.8. The van der Waals surface area contributed by atoms with Crippen LogP contribution in [0.3, 0.4) is 0 Å². The summed E-state index contributed by atoms with van der Waals surface area (Å²) in [4.78, 5) is 62.0. The van der Waals surface area contributed by atoms with Crippen molar-refractivity contribution in [3.8, 4) is 0 Å². The Kier molecular flexibility index (Phi) is 18.6. The first-order chi connectivity index (χ1) is 22.1. The van der Waals surface area contributed by atoms with Crippen LogP contribution in [-0.2, 0) is 54.1 Å². The van der Waals surface area contributed by atoms with E-state index in [1.165, 1.54) is 72.1 Å². The quantitative estimate of drug-likeness (QED) is 0.103. The van der Waals surface area contributed by atoms with Crippen LogP contribution in [0, 0.1) is 0 Å². The number of rotatable bonds is 21. The Morgan fingerprint density at radius 2 is 1.24 bits per heavy atom. The highest BCUT2D eigenvalue weighted by Gasteiger charge is 2.52. The van der Waals surface area contributed by atoms with Gasteiger partial charge in [0.2, 0.25) is 12.2 Å². The molecule has 1 N–H and O–H groups in total. The predicted octanol–water partition coefficient (Wildman–Crippen LogP) is 5.50. The van der Waals surface area contributed by atoms with Crippen molar-refractivity contribution in [3.05, 3.63) is 35.9 Å². The van der Waals surface area contributed by atoms with Gasteiger partial charge in [-0.2, -0.15) is 0 Å². The highest BCUT2D eigenvalue weighted by molar-refractivity contribution is 5.77. The van der Waals surface area contributed by atoms with E-state index in [4.69, 9.17) is 23.7 Å². The van der Waals surface area contributed by atoms with E-state index in [1.54, 1.807) is 24.3 Å². The largest absolute Gasteiger partial charge is 0.463 e. The van der Waals surface area contributed by atoms with E-state index < -0.39 is 54.5 Å². The molecule has 1 aromatic rings. The number of esters is 4. The number of hydrogen-bond donors (Lipinski definition) is 1. The molecule has 1 aromatic carbocycles. The van der Waals surface area contributed by atoms with Crippen LogP contribution in [0.5, 0.6) is 0 Å². The summed E-state index contributed by atoms with van der Waals surface area (Å²) >= 11 is 0. The van der Waals surface area contributed by atoms with Gasteiger partial charge in [-0.25, -0.2) is 0 Å². The Bertz CT molecular complexity index is 1080. The molecule has 0 aliphatic carbocycles. The van der Waals surface area contributed by atoms with Gasteiger partial charge in [-0.3, -0.25) is 24.0 Å². The summed E-state index contributed by atoms with van der Waals surface area (Å²) in [5.41, 5.74) is 0.696. The minimum absolute atomic E-state index is 0.0829. The van der Waals surface area contributed by atoms with Gasteiger partial charge in [0.15, 0.2) is 12.2 Å². The van der Waals surface area contributed by atoms with E-state index in [0.717, 1.165) is 19.3 Å². The molecule has 1 fully saturated rings. The lowest BCUT2D eigenvalue weighted by atomic mass is 9.95. The summed E-state index contributed by atoms with van der Waals surface area (Å²) in [5, 5.41) is 2.80. The first kappa shape index (κ1) is 38.7. The van der Waals surface area contributed by atoms with Gasteiger partial charge in [-0.05, 0) is 12.0 Å². The third-order valence-corrected chi connectivity index (χ3v) is 7.73. The van der Waals surface area contributed by atoms with Crippen LogP contribution < -0.4 is 5.32 Å². The Morgan fingerprint density at radius 1 is 0.696 bits per heavy atom. The predicted molar refractivity (Wildman–Crippen MR) is 170 cm³/mol. The van der Waals surface area contributed by atoms with Gasteiger partial charge in [0, 0.05) is 27.2 Å². The molecule has 0 saturated carbocycles. The van der Waals surface area contributed by atoms with Crippen molar-refractivity contribution in [2.24, 2.45) is 0 Å². The molecule has 0 unspecified atom stereocenters. The van der Waals surface area contributed by atoms with Crippen LogP contribution in [-0.4, -0.2) is 67.0 Å². The highest BCUT2D eigenvalue weighted by Crippen LogP contribution is 2.28. The van der Waals surface area contributed by atoms with Crippen molar-refractivity contribution in [3.63, 3.8) is 0 Å². The molecule has 0 radical (unpaired) electrons. The van der Waals surface area contributed by atoms with Crippen molar-refractivity contribution in [1.29, 1.82) is 0 Å². The fraction of sp³-hybridized carbons (Fsp3) is 0.686. The van der Waals surface area contributed by atoms with E-state index in [2.05, 4.69) is 12.2 Å². The Morgan fingerprint density at radius 3 is 1.78 bits per heavy atom. The third kappa shape index (κ3) is 15.7. The SMILES string of the molecule is CCCCCCCCCCCCCCC(=O)N[C@H]1[C@@H](OC(=O)Cc2ccccc2)O[C@@H](COC(C)=O)[C@@H](OC(C)=O)[C@@H]1OC(C)=O. The normalized spacial score (nSPS) is 20.7. The van der Waals surface area contributed by atoms with Gasteiger partial charge < -0.3 is 29.0 Å². The second-order valence-corrected chi connectivity index (χ2v) is 11.9. The number of benzene rings is 1. The molecular weight excluding hydrogens is 594 g/mol. The molecule has 1 saturated heterocycles. The maximum atomic E-state index is 13.1. The monoisotopic (exact) mass is 647 g/mol. The molecule has 5 atom stereocenters. The number of nitrogens with one attached hydrogen (secondary N) is 1. The van der Waals surface area contributed by atoms with Gasteiger partial charge in [-0.1, -0.05) is 108 Å². The molecule has 258 valence electrons. The number of hydrogen-bond acceptors (Lipinski definition) is 10. The molecule has 1 aliphatic rings. The topological polar surface area (TPSA) is 144 Å². The van der Waals surface area contributed by atoms with Gasteiger partial charge in [0.25, 0.3) is 0 Å². The standard InChI is InChI=1S/C35H53NO10/c1-5-6-7-8-9-10-11-12-13-14-15-19-22-30(40)36-32-34(44-27(4)39)33(43-26(3)38)29(24-42-25(2)37)45-35(32)46-31(41)23-28-20-17-16-18-21-28/h16-18,20-21,29,32-35H,5-15,19,22-24H2,1-4H3,(H,36,40)/t29-,32+,33+,34+,35+/m0/s1. The average molecular weight is 648 g/mol. The van der Waals surface area contributed by atoms with Crippen molar-refractivity contribution in [2.75, 3.05) is 6.61 Å². The second-order valence-electron chi connectivity index (χ2n) is 11.9. The molecule has 0 spiro atoms. The Balaban J connectivity index is 2.06. The lowest BCUT2D eigenvalue weighted by Crippen LogP contribution is -2.67. The van der Waals surface area contributed by atoms with Crippen LogP contribution >= 0.6 is 0 Å². The number of unbranched alkanes of at least 4 members (excludes halogenated alkanes) is 11. The Hall–Kier alpha value is -3.47. The Labute approximate surface area is 273 Å². The van der Waals surface area contributed by atoms with Crippen LogP contribution in [0.25, 0.3) is 0 Å². The number of amides is 1. The summed E-state index contributed by atoms with van der Waals surface area (Å²) in [6.07, 6.45) is 8.84. The van der Waals surface area contributed by atoms with Crippen LogP contribution in [0.2, 0.25) is 0 Å². The van der Waals surface area contributed by atoms with E-state index in [1.807, 2.05) is 6.07 Å². The molecule has 0 bridgehead atoms. The summed E-state index contributed by atoms with van der Waals surface area (Å²) in [5.74, 6) is -3.06. The van der Waals surface area contributed by atoms with E-state index in [-0.39, 0.29) is 25.4 Å². The van der Waals surface area contributed by atoms with Gasteiger partial charge >= 0.3 is 23.9 Å². The van der Waals surface area contributed by atoms with Gasteiger partial charge in [-0.15, -0.1) is 0 Å². The molecule has 11 heteroatoms. The number of carbonyl (C=O) groups is 5. The molecule has 1 amide bonds. The fourth-order valence-electron chi connectivity index (χ4n) is 5.47. The molecular formula is C35H53NO10. The minimum atomic E-state index is -1.43. The maximum Gasteiger partial charge on any atom is 0.312 e. The lowest BCUT2D eigenvalue weighted by Gasteiger charge is -2.44. The number of ether oxygens (including phenoxy) is 5. The van der Waals surface area contributed by atoms with Gasteiger partial charge in [0.05, 0.1) is 6.42 Å². The van der Waals surface area contributed by atoms with Crippen molar-refractivity contribution >= 4 is 29.8 Å². The summed E-state index contributed by atoms with van der Waals surface area (Å²) in [7, 11) is 0. The molecule has 46 heavy (non-hydrogen) atoms.